The number of carbonyl (C=O) groups excluding carboxylic acids is 1. The Kier molecular flexibility index (Phi) is 5.06. The van der Waals surface area contributed by atoms with Gasteiger partial charge in [0, 0.05) is 22.5 Å². The van der Waals surface area contributed by atoms with Crippen molar-refractivity contribution >= 4 is 32.8 Å². The third-order valence-corrected chi connectivity index (χ3v) is 4.01. The van der Waals surface area contributed by atoms with Crippen LogP contribution in [0.25, 0.3) is 11.0 Å². The van der Waals surface area contributed by atoms with Crippen molar-refractivity contribution in [3.63, 3.8) is 0 Å². The normalized spacial score (nSPS) is 12.9. The average molecular weight is 354 g/mol. The van der Waals surface area contributed by atoms with E-state index in [1.54, 1.807) is 6.07 Å². The smallest absolute Gasteiger partial charge is 0.287 e. The first kappa shape index (κ1) is 16.0. The number of fused-ring (bicyclic) bond motifs is 1. The summed E-state index contributed by atoms with van der Waals surface area (Å²) in [6, 6.07) is 5.56. The number of furan rings is 1. The molecule has 1 aromatic heterocycles. The molecule has 2 rings (SSSR count). The molecule has 1 heterocycles. The van der Waals surface area contributed by atoms with Gasteiger partial charge < -0.3 is 14.8 Å². The number of rotatable bonds is 5. The molecule has 0 fully saturated rings. The molecule has 21 heavy (non-hydrogen) atoms. The molecule has 0 aliphatic heterocycles. The molecule has 0 radical (unpaired) electrons. The van der Waals surface area contributed by atoms with Gasteiger partial charge in [-0.2, -0.15) is 0 Å². The van der Waals surface area contributed by atoms with E-state index in [9.17, 15) is 4.79 Å². The minimum absolute atomic E-state index is 0.0509. The van der Waals surface area contributed by atoms with E-state index < -0.39 is 0 Å². The average Bonchev–Trinajstić information content (AvgIpc) is 2.82. The zero-order valence-electron chi connectivity index (χ0n) is 12.4. The van der Waals surface area contributed by atoms with Crippen LogP contribution in [0.2, 0.25) is 0 Å². The van der Waals surface area contributed by atoms with E-state index >= 15 is 0 Å². The Morgan fingerprint density at radius 1 is 1.38 bits per heavy atom. The van der Waals surface area contributed by atoms with E-state index in [1.807, 2.05) is 32.9 Å². The highest BCUT2D eigenvalue weighted by molar-refractivity contribution is 9.10. The molecule has 0 saturated heterocycles. The van der Waals surface area contributed by atoms with Crippen LogP contribution < -0.4 is 5.32 Å². The molecule has 4 nitrogen and oxygen atoms in total. The van der Waals surface area contributed by atoms with Crippen LogP contribution in [-0.4, -0.2) is 23.7 Å². The molecule has 1 aromatic carbocycles. The summed E-state index contributed by atoms with van der Waals surface area (Å²) in [5.41, 5.74) is 1.71. The van der Waals surface area contributed by atoms with E-state index in [0.29, 0.717) is 12.2 Å². The summed E-state index contributed by atoms with van der Waals surface area (Å²) in [6.45, 7) is 6.03. The standard InChI is InChI=1S/C16H20BrNO3/c1-9(2)13(4-5-19)18-16(20)14-8-11-7-12(17)6-10(3)15(11)21-14/h6-9,13,19H,4-5H2,1-3H3,(H,18,20). The second kappa shape index (κ2) is 6.62. The minimum Gasteiger partial charge on any atom is -0.451 e. The fourth-order valence-corrected chi connectivity index (χ4v) is 2.94. The number of aryl methyl sites for hydroxylation is 1. The Morgan fingerprint density at radius 3 is 2.71 bits per heavy atom. The highest BCUT2D eigenvalue weighted by atomic mass is 79.9. The maximum absolute atomic E-state index is 12.3. The maximum atomic E-state index is 12.3. The topological polar surface area (TPSA) is 62.5 Å². The molecule has 5 heteroatoms. The lowest BCUT2D eigenvalue weighted by molar-refractivity contribution is 0.0890. The molecule has 0 bridgehead atoms. The molecule has 1 amide bonds. The summed E-state index contributed by atoms with van der Waals surface area (Å²) >= 11 is 3.44. The zero-order chi connectivity index (χ0) is 15.6. The molecule has 2 N–H and O–H groups in total. The zero-order valence-corrected chi connectivity index (χ0v) is 14.0. The van der Waals surface area contributed by atoms with Crippen LogP contribution >= 0.6 is 15.9 Å². The number of aliphatic hydroxyl groups excluding tert-OH is 1. The van der Waals surface area contributed by atoms with Crippen molar-refractivity contribution in [2.45, 2.75) is 33.2 Å². The van der Waals surface area contributed by atoms with Crippen molar-refractivity contribution in [3.05, 3.63) is 34.0 Å². The molecule has 1 unspecified atom stereocenters. The second-order valence-electron chi connectivity index (χ2n) is 5.59. The van der Waals surface area contributed by atoms with E-state index in [4.69, 9.17) is 9.52 Å². The first-order valence-corrected chi connectivity index (χ1v) is 7.83. The minimum atomic E-state index is -0.242. The van der Waals surface area contributed by atoms with Crippen LogP contribution in [0.3, 0.4) is 0 Å². The Labute approximate surface area is 132 Å². The second-order valence-corrected chi connectivity index (χ2v) is 6.50. The summed E-state index contributed by atoms with van der Waals surface area (Å²) < 4.78 is 6.64. The van der Waals surface area contributed by atoms with Crippen molar-refractivity contribution in [3.8, 4) is 0 Å². The maximum Gasteiger partial charge on any atom is 0.287 e. The Balaban J connectivity index is 2.25. The summed E-state index contributed by atoms with van der Waals surface area (Å²) in [5, 5.41) is 12.9. The van der Waals surface area contributed by atoms with Gasteiger partial charge in [0.2, 0.25) is 0 Å². The highest BCUT2D eigenvalue weighted by Gasteiger charge is 2.20. The van der Waals surface area contributed by atoms with Gasteiger partial charge in [-0.05, 0) is 43.0 Å². The van der Waals surface area contributed by atoms with Gasteiger partial charge >= 0.3 is 0 Å². The van der Waals surface area contributed by atoms with Gasteiger partial charge in [-0.1, -0.05) is 29.8 Å². The molecule has 0 saturated carbocycles. The lowest BCUT2D eigenvalue weighted by atomic mass is 10.0. The summed E-state index contributed by atoms with van der Waals surface area (Å²) in [7, 11) is 0. The molecule has 1 atom stereocenters. The van der Waals surface area contributed by atoms with Gasteiger partial charge in [-0.25, -0.2) is 0 Å². The van der Waals surface area contributed by atoms with Crippen LogP contribution in [0.15, 0.2) is 27.1 Å². The van der Waals surface area contributed by atoms with E-state index in [0.717, 1.165) is 21.0 Å². The first-order chi connectivity index (χ1) is 9.92. The Morgan fingerprint density at radius 2 is 2.10 bits per heavy atom. The van der Waals surface area contributed by atoms with Crippen molar-refractivity contribution in [2.24, 2.45) is 5.92 Å². The molecule has 0 spiro atoms. The lowest BCUT2D eigenvalue weighted by Gasteiger charge is -2.20. The number of aliphatic hydroxyl groups is 1. The van der Waals surface area contributed by atoms with E-state index in [1.165, 1.54) is 0 Å². The fourth-order valence-electron chi connectivity index (χ4n) is 2.35. The van der Waals surface area contributed by atoms with Gasteiger partial charge in [-0.15, -0.1) is 0 Å². The van der Waals surface area contributed by atoms with Crippen molar-refractivity contribution in [1.82, 2.24) is 5.32 Å². The lowest BCUT2D eigenvalue weighted by Crippen LogP contribution is -2.39. The highest BCUT2D eigenvalue weighted by Crippen LogP contribution is 2.27. The fraction of sp³-hybridized carbons (Fsp3) is 0.438. The van der Waals surface area contributed by atoms with Gasteiger partial charge in [0.1, 0.15) is 5.58 Å². The van der Waals surface area contributed by atoms with E-state index in [2.05, 4.69) is 21.2 Å². The SMILES string of the molecule is Cc1cc(Br)cc2cc(C(=O)NC(CCO)C(C)C)oc12. The van der Waals surface area contributed by atoms with Gasteiger partial charge in [0.15, 0.2) is 5.76 Å². The van der Waals surface area contributed by atoms with Crippen LogP contribution in [0.5, 0.6) is 0 Å². The van der Waals surface area contributed by atoms with Crippen molar-refractivity contribution in [2.75, 3.05) is 6.61 Å². The largest absolute Gasteiger partial charge is 0.451 e. The number of benzene rings is 1. The number of amides is 1. The van der Waals surface area contributed by atoms with Crippen LogP contribution in [0.1, 0.15) is 36.4 Å². The quantitative estimate of drug-likeness (QED) is 0.862. The summed E-state index contributed by atoms with van der Waals surface area (Å²) in [4.78, 5) is 12.3. The van der Waals surface area contributed by atoms with Crippen molar-refractivity contribution < 1.29 is 14.3 Å². The summed E-state index contributed by atoms with van der Waals surface area (Å²) in [5.74, 6) is 0.310. The Bertz CT molecular complexity index is 648. The van der Waals surface area contributed by atoms with Gasteiger partial charge in [-0.3, -0.25) is 4.79 Å². The van der Waals surface area contributed by atoms with E-state index in [-0.39, 0.29) is 24.5 Å². The molecular weight excluding hydrogens is 334 g/mol. The number of hydrogen-bond acceptors (Lipinski definition) is 3. The predicted molar refractivity (Wildman–Crippen MR) is 86.4 cm³/mol. The predicted octanol–water partition coefficient (Wildman–Crippen LogP) is 3.64. The molecule has 2 aromatic rings. The van der Waals surface area contributed by atoms with Crippen molar-refractivity contribution in [1.29, 1.82) is 0 Å². The number of carbonyl (C=O) groups is 1. The van der Waals surface area contributed by atoms with Crippen LogP contribution in [0.4, 0.5) is 0 Å². The van der Waals surface area contributed by atoms with Crippen LogP contribution in [-0.2, 0) is 0 Å². The first-order valence-electron chi connectivity index (χ1n) is 7.03. The number of nitrogens with one attached hydrogen (secondary N) is 1. The third kappa shape index (κ3) is 3.66. The number of hydrogen-bond donors (Lipinski definition) is 2. The summed E-state index contributed by atoms with van der Waals surface area (Å²) in [6.07, 6.45) is 0.536. The van der Waals surface area contributed by atoms with Gasteiger partial charge in [0.05, 0.1) is 0 Å². The molecule has 0 aliphatic carbocycles. The van der Waals surface area contributed by atoms with Crippen LogP contribution in [0, 0.1) is 12.8 Å². The molecular formula is C16H20BrNO3. The Hall–Kier alpha value is -1.33. The molecule has 0 aliphatic rings. The monoisotopic (exact) mass is 353 g/mol. The third-order valence-electron chi connectivity index (χ3n) is 3.55. The van der Waals surface area contributed by atoms with Gasteiger partial charge in [0.25, 0.3) is 5.91 Å². The molecule has 114 valence electrons. The number of halogens is 1.